The molecule has 0 radical (unpaired) electrons. The number of nitrogens with zero attached hydrogens (tertiary/aromatic N) is 3. The molecule has 0 bridgehead atoms. The highest BCUT2D eigenvalue weighted by atomic mass is 16.5. The van der Waals surface area contributed by atoms with Crippen LogP contribution in [-0.2, 0) is 4.74 Å². The van der Waals surface area contributed by atoms with Crippen LogP contribution in [0.3, 0.4) is 0 Å². The van der Waals surface area contributed by atoms with Gasteiger partial charge in [0.25, 0.3) is 0 Å². The minimum absolute atomic E-state index is 0.540. The van der Waals surface area contributed by atoms with E-state index in [4.69, 9.17) is 4.74 Å². The summed E-state index contributed by atoms with van der Waals surface area (Å²) < 4.78 is 5.33. The molecule has 0 amide bonds. The first-order valence-corrected chi connectivity index (χ1v) is 7.32. The summed E-state index contributed by atoms with van der Waals surface area (Å²) in [6.07, 6.45) is 1.32. The van der Waals surface area contributed by atoms with E-state index in [0.29, 0.717) is 32.6 Å². The monoisotopic (exact) mass is 287 g/mol. The molecular formula is C16H21N3O2. The van der Waals surface area contributed by atoms with Crippen LogP contribution in [0.2, 0.25) is 0 Å². The standard InChI is InChI=1S/C16H21N3O2/c1-12-13-5-3-4-6-14(13)15(18-17-12)19(2)11-16(20)7-9-21-10-8-16/h3-6,20H,7-11H2,1-2H3. The molecule has 3 rings (SSSR count). The number of rotatable bonds is 3. The van der Waals surface area contributed by atoms with Crippen molar-refractivity contribution in [1.29, 1.82) is 0 Å². The zero-order valence-electron chi connectivity index (χ0n) is 12.5. The molecule has 21 heavy (non-hydrogen) atoms. The SMILES string of the molecule is Cc1nnc(N(C)CC2(O)CCOCC2)c2ccccc12. The van der Waals surface area contributed by atoms with E-state index in [0.717, 1.165) is 22.3 Å². The summed E-state index contributed by atoms with van der Waals surface area (Å²) in [6.45, 7) is 3.73. The average molecular weight is 287 g/mol. The van der Waals surface area contributed by atoms with E-state index in [-0.39, 0.29) is 0 Å². The Morgan fingerprint density at radius 1 is 1.19 bits per heavy atom. The second-order valence-corrected chi connectivity index (χ2v) is 5.85. The Morgan fingerprint density at radius 2 is 1.86 bits per heavy atom. The molecule has 2 heterocycles. The summed E-state index contributed by atoms with van der Waals surface area (Å²) in [5, 5.41) is 21.4. The van der Waals surface area contributed by atoms with Crippen LogP contribution in [-0.4, -0.2) is 47.7 Å². The van der Waals surface area contributed by atoms with E-state index in [2.05, 4.69) is 22.3 Å². The van der Waals surface area contributed by atoms with Gasteiger partial charge in [0.1, 0.15) is 0 Å². The predicted molar refractivity (Wildman–Crippen MR) is 82.5 cm³/mol. The number of aliphatic hydroxyl groups is 1. The highest BCUT2D eigenvalue weighted by Crippen LogP contribution is 2.28. The molecule has 0 atom stereocenters. The molecule has 0 aliphatic carbocycles. The summed E-state index contributed by atoms with van der Waals surface area (Å²) in [5.41, 5.74) is 0.216. The third kappa shape index (κ3) is 2.84. The van der Waals surface area contributed by atoms with Crippen LogP contribution in [0.25, 0.3) is 10.8 Å². The number of likely N-dealkylation sites (N-methyl/N-ethyl adjacent to an activating group) is 1. The van der Waals surface area contributed by atoms with Gasteiger partial charge in [-0.05, 0) is 6.92 Å². The maximum Gasteiger partial charge on any atom is 0.159 e. The van der Waals surface area contributed by atoms with Gasteiger partial charge in [0.2, 0.25) is 0 Å². The van der Waals surface area contributed by atoms with Crippen LogP contribution < -0.4 is 4.90 Å². The van der Waals surface area contributed by atoms with Crippen molar-refractivity contribution in [1.82, 2.24) is 10.2 Å². The molecule has 1 saturated heterocycles. The van der Waals surface area contributed by atoms with Crippen LogP contribution in [0.5, 0.6) is 0 Å². The van der Waals surface area contributed by atoms with Crippen molar-refractivity contribution in [2.75, 3.05) is 31.7 Å². The summed E-state index contributed by atoms with van der Waals surface area (Å²) in [6, 6.07) is 8.12. The number of fused-ring (bicyclic) bond motifs is 1. The Bertz CT molecular complexity index is 638. The largest absolute Gasteiger partial charge is 0.388 e. The van der Waals surface area contributed by atoms with Crippen molar-refractivity contribution in [3.63, 3.8) is 0 Å². The molecule has 112 valence electrons. The number of anilines is 1. The lowest BCUT2D eigenvalue weighted by Crippen LogP contribution is -2.46. The van der Waals surface area contributed by atoms with E-state index in [1.807, 2.05) is 31.0 Å². The Morgan fingerprint density at radius 3 is 2.57 bits per heavy atom. The Kier molecular flexibility index (Phi) is 3.78. The van der Waals surface area contributed by atoms with Crippen LogP contribution in [0.15, 0.2) is 24.3 Å². The number of ether oxygens (including phenoxy) is 1. The topological polar surface area (TPSA) is 58.5 Å². The van der Waals surface area contributed by atoms with Crippen molar-refractivity contribution in [2.24, 2.45) is 0 Å². The van der Waals surface area contributed by atoms with Gasteiger partial charge < -0.3 is 14.7 Å². The highest BCUT2D eigenvalue weighted by molar-refractivity contribution is 5.93. The molecule has 1 aliphatic rings. The first-order chi connectivity index (χ1) is 10.1. The molecule has 0 spiro atoms. The molecule has 0 saturated carbocycles. The van der Waals surface area contributed by atoms with Crippen molar-refractivity contribution >= 4 is 16.6 Å². The van der Waals surface area contributed by atoms with Crippen molar-refractivity contribution in [2.45, 2.75) is 25.4 Å². The van der Waals surface area contributed by atoms with E-state index < -0.39 is 5.60 Å². The number of hydrogen-bond donors (Lipinski definition) is 1. The van der Waals surface area contributed by atoms with Gasteiger partial charge in [0.05, 0.1) is 11.3 Å². The van der Waals surface area contributed by atoms with Gasteiger partial charge in [-0.2, -0.15) is 5.10 Å². The van der Waals surface area contributed by atoms with Gasteiger partial charge in [-0.15, -0.1) is 5.10 Å². The van der Waals surface area contributed by atoms with E-state index in [9.17, 15) is 5.11 Å². The van der Waals surface area contributed by atoms with Crippen molar-refractivity contribution in [3.8, 4) is 0 Å². The maximum atomic E-state index is 10.7. The third-order valence-corrected chi connectivity index (χ3v) is 4.17. The quantitative estimate of drug-likeness (QED) is 0.934. The maximum absolute atomic E-state index is 10.7. The number of aryl methyl sites for hydroxylation is 1. The Balaban J connectivity index is 1.91. The minimum Gasteiger partial charge on any atom is -0.388 e. The van der Waals surface area contributed by atoms with Gasteiger partial charge in [0.15, 0.2) is 5.82 Å². The van der Waals surface area contributed by atoms with Crippen LogP contribution in [0.4, 0.5) is 5.82 Å². The van der Waals surface area contributed by atoms with Gasteiger partial charge in [-0.1, -0.05) is 24.3 Å². The number of benzene rings is 1. The Labute approximate surface area is 124 Å². The first kappa shape index (κ1) is 14.2. The molecule has 2 aromatic rings. The summed E-state index contributed by atoms with van der Waals surface area (Å²) in [4.78, 5) is 2.00. The fraction of sp³-hybridized carbons (Fsp3) is 0.500. The summed E-state index contributed by atoms with van der Waals surface area (Å²) in [7, 11) is 1.96. The molecule has 1 aromatic heterocycles. The Hall–Kier alpha value is -1.72. The van der Waals surface area contributed by atoms with Crippen LogP contribution in [0, 0.1) is 6.92 Å². The molecule has 5 nitrogen and oxygen atoms in total. The lowest BCUT2D eigenvalue weighted by atomic mass is 9.94. The second-order valence-electron chi connectivity index (χ2n) is 5.85. The third-order valence-electron chi connectivity index (χ3n) is 4.17. The average Bonchev–Trinajstić information content (AvgIpc) is 2.48. The fourth-order valence-electron chi connectivity index (χ4n) is 2.93. The summed E-state index contributed by atoms with van der Waals surface area (Å²) >= 11 is 0. The van der Waals surface area contributed by atoms with Crippen molar-refractivity contribution < 1.29 is 9.84 Å². The van der Waals surface area contributed by atoms with Gasteiger partial charge in [-0.25, -0.2) is 0 Å². The highest BCUT2D eigenvalue weighted by Gasteiger charge is 2.31. The molecule has 0 unspecified atom stereocenters. The number of aromatic nitrogens is 2. The molecule has 1 aromatic carbocycles. The zero-order valence-corrected chi connectivity index (χ0v) is 12.5. The zero-order chi connectivity index (χ0) is 14.9. The van der Waals surface area contributed by atoms with E-state index in [1.165, 1.54) is 0 Å². The lowest BCUT2D eigenvalue weighted by Gasteiger charge is -2.35. The first-order valence-electron chi connectivity index (χ1n) is 7.32. The van der Waals surface area contributed by atoms with Crippen LogP contribution in [0.1, 0.15) is 18.5 Å². The lowest BCUT2D eigenvalue weighted by molar-refractivity contribution is -0.0573. The van der Waals surface area contributed by atoms with Crippen molar-refractivity contribution in [3.05, 3.63) is 30.0 Å². The van der Waals surface area contributed by atoms with Gasteiger partial charge in [0, 0.05) is 50.4 Å². The molecule has 1 aliphatic heterocycles. The van der Waals surface area contributed by atoms with Gasteiger partial charge >= 0.3 is 0 Å². The fourth-order valence-corrected chi connectivity index (χ4v) is 2.93. The van der Waals surface area contributed by atoms with Crippen LogP contribution >= 0.6 is 0 Å². The summed E-state index contributed by atoms with van der Waals surface area (Å²) in [5.74, 6) is 0.816. The molecule has 5 heteroatoms. The minimum atomic E-state index is -0.708. The molecular weight excluding hydrogens is 266 g/mol. The normalized spacial score (nSPS) is 17.9. The predicted octanol–water partition coefficient (Wildman–Crippen LogP) is 1.92. The number of hydrogen-bond acceptors (Lipinski definition) is 5. The molecule has 1 N–H and O–H groups in total. The second kappa shape index (κ2) is 5.58. The van der Waals surface area contributed by atoms with Gasteiger partial charge in [-0.3, -0.25) is 0 Å². The van der Waals surface area contributed by atoms with E-state index >= 15 is 0 Å². The smallest absolute Gasteiger partial charge is 0.159 e. The van der Waals surface area contributed by atoms with E-state index in [1.54, 1.807) is 0 Å². The molecule has 1 fully saturated rings.